The van der Waals surface area contributed by atoms with Gasteiger partial charge in [0.1, 0.15) is 5.76 Å². The Morgan fingerprint density at radius 1 is 1.29 bits per heavy atom. The average Bonchev–Trinajstić information content (AvgIpc) is 3.44. The monoisotopic (exact) mass is 354 g/mol. The van der Waals surface area contributed by atoms with Gasteiger partial charge in [-0.3, -0.25) is 4.90 Å². The summed E-state index contributed by atoms with van der Waals surface area (Å²) in [4.78, 5) is 2.31. The maximum Gasteiger partial charge on any atom is 0.279 e. The van der Waals surface area contributed by atoms with Crippen LogP contribution in [0.3, 0.4) is 0 Å². The first kappa shape index (κ1) is 16.5. The van der Waals surface area contributed by atoms with Crippen molar-refractivity contribution in [1.82, 2.24) is 19.1 Å². The Hall–Kier alpha value is -0.960. The smallest absolute Gasteiger partial charge is 0.279 e. The highest BCUT2D eigenvalue weighted by atomic mass is 32.2. The number of aromatic nitrogens is 1. The van der Waals surface area contributed by atoms with Crippen molar-refractivity contribution in [2.75, 3.05) is 27.2 Å². The van der Waals surface area contributed by atoms with Crippen LogP contribution in [0.25, 0.3) is 0 Å². The van der Waals surface area contributed by atoms with Gasteiger partial charge in [-0.25, -0.2) is 0 Å². The van der Waals surface area contributed by atoms with Crippen molar-refractivity contribution in [3.8, 4) is 0 Å². The lowest BCUT2D eigenvalue weighted by Crippen LogP contribution is -2.46. The molecule has 0 amide bonds. The van der Waals surface area contributed by atoms with E-state index in [2.05, 4.69) is 20.8 Å². The van der Waals surface area contributed by atoms with Crippen LogP contribution in [0.5, 0.6) is 0 Å². The van der Waals surface area contributed by atoms with Gasteiger partial charge >= 0.3 is 0 Å². The second-order valence-electron chi connectivity index (χ2n) is 7.70. The second kappa shape index (κ2) is 6.09. The fraction of sp³-hybridized carbons (Fsp3) is 0.812. The SMILES string of the molecule is CN(C)S(=O)(=O)N[C@@H]1CN(Cc2cc(C3CC3)on2)C[C@H]1C1CC1. The number of likely N-dealkylation sites (tertiary alicyclic amines) is 1. The fourth-order valence-electron chi connectivity index (χ4n) is 3.66. The topological polar surface area (TPSA) is 78.7 Å². The van der Waals surface area contributed by atoms with Crippen LogP contribution in [0.2, 0.25) is 0 Å². The van der Waals surface area contributed by atoms with Crippen LogP contribution in [0.1, 0.15) is 43.1 Å². The molecule has 0 radical (unpaired) electrons. The van der Waals surface area contributed by atoms with Gasteiger partial charge < -0.3 is 4.52 Å². The summed E-state index contributed by atoms with van der Waals surface area (Å²) in [6.07, 6.45) is 4.84. The molecule has 1 aliphatic heterocycles. The number of nitrogens with one attached hydrogen (secondary N) is 1. The summed E-state index contributed by atoms with van der Waals surface area (Å²) in [6, 6.07) is 2.06. The standard InChI is InChI=1S/C16H26N4O3S/c1-19(2)24(21,22)18-15-10-20(9-14(15)11-3-4-11)8-13-7-16(23-17-13)12-5-6-12/h7,11-12,14-15,18H,3-6,8-10H2,1-2H3/t14-,15+/m0/s1. The van der Waals surface area contributed by atoms with E-state index in [4.69, 9.17) is 4.52 Å². The van der Waals surface area contributed by atoms with E-state index in [0.717, 1.165) is 31.1 Å². The van der Waals surface area contributed by atoms with E-state index in [9.17, 15) is 8.42 Å². The Kier molecular flexibility index (Phi) is 4.19. The van der Waals surface area contributed by atoms with Crippen molar-refractivity contribution < 1.29 is 12.9 Å². The van der Waals surface area contributed by atoms with E-state index < -0.39 is 10.2 Å². The van der Waals surface area contributed by atoms with Gasteiger partial charge in [0.05, 0.1) is 5.69 Å². The maximum absolute atomic E-state index is 12.2. The van der Waals surface area contributed by atoms with Crippen molar-refractivity contribution >= 4 is 10.2 Å². The summed E-state index contributed by atoms with van der Waals surface area (Å²) in [5.41, 5.74) is 0.961. The summed E-state index contributed by atoms with van der Waals surface area (Å²) in [5.74, 6) is 2.63. The minimum Gasteiger partial charge on any atom is -0.361 e. The third-order valence-corrected chi connectivity index (χ3v) is 6.95. The van der Waals surface area contributed by atoms with Crippen LogP contribution < -0.4 is 4.72 Å². The first-order chi connectivity index (χ1) is 11.4. The molecule has 1 saturated heterocycles. The van der Waals surface area contributed by atoms with Gasteiger partial charge in [0.15, 0.2) is 0 Å². The Labute approximate surface area is 143 Å². The molecule has 4 rings (SSSR count). The average molecular weight is 354 g/mol. The van der Waals surface area contributed by atoms with Gasteiger partial charge in [-0.15, -0.1) is 0 Å². The molecule has 0 unspecified atom stereocenters. The lowest BCUT2D eigenvalue weighted by atomic mass is 9.99. The highest BCUT2D eigenvalue weighted by Gasteiger charge is 2.44. The highest BCUT2D eigenvalue weighted by Crippen LogP contribution is 2.42. The van der Waals surface area contributed by atoms with Crippen LogP contribution in [0, 0.1) is 11.8 Å². The predicted octanol–water partition coefficient (Wildman–Crippen LogP) is 1.16. The zero-order valence-electron chi connectivity index (χ0n) is 14.3. The predicted molar refractivity (Wildman–Crippen MR) is 89.5 cm³/mol. The Morgan fingerprint density at radius 3 is 2.67 bits per heavy atom. The molecule has 7 nitrogen and oxygen atoms in total. The van der Waals surface area contributed by atoms with Gasteiger partial charge in [-0.05, 0) is 37.5 Å². The molecule has 0 aromatic carbocycles. The van der Waals surface area contributed by atoms with Crippen molar-refractivity contribution in [3.05, 3.63) is 17.5 Å². The van der Waals surface area contributed by atoms with Crippen LogP contribution in [-0.2, 0) is 16.8 Å². The Balaban J connectivity index is 1.41. The molecule has 2 aliphatic carbocycles. The summed E-state index contributed by atoms with van der Waals surface area (Å²) in [7, 11) is -0.262. The second-order valence-corrected chi connectivity index (χ2v) is 9.62. The molecular formula is C16H26N4O3S. The van der Waals surface area contributed by atoms with Crippen molar-refractivity contribution in [2.24, 2.45) is 11.8 Å². The third kappa shape index (κ3) is 3.51. The van der Waals surface area contributed by atoms with E-state index in [1.807, 2.05) is 0 Å². The molecule has 2 heterocycles. The molecule has 24 heavy (non-hydrogen) atoms. The van der Waals surface area contributed by atoms with E-state index >= 15 is 0 Å². The molecule has 3 fully saturated rings. The van der Waals surface area contributed by atoms with Crippen LogP contribution in [0.15, 0.2) is 10.6 Å². The molecule has 1 aromatic rings. The van der Waals surface area contributed by atoms with Crippen molar-refractivity contribution in [1.29, 1.82) is 0 Å². The number of hydrogen-bond donors (Lipinski definition) is 1. The molecule has 8 heteroatoms. The largest absolute Gasteiger partial charge is 0.361 e. The molecule has 1 N–H and O–H groups in total. The summed E-state index contributed by atoms with van der Waals surface area (Å²) in [5, 5.41) is 4.19. The Bertz CT molecular complexity index is 694. The summed E-state index contributed by atoms with van der Waals surface area (Å²) in [6.45, 7) is 2.40. The molecule has 2 atom stereocenters. The third-order valence-electron chi connectivity index (χ3n) is 5.39. The molecule has 3 aliphatic rings. The first-order valence-electron chi connectivity index (χ1n) is 8.80. The lowest BCUT2D eigenvalue weighted by molar-refractivity contribution is 0.294. The minimum absolute atomic E-state index is 0.0142. The quantitative estimate of drug-likeness (QED) is 0.795. The maximum atomic E-state index is 12.2. The van der Waals surface area contributed by atoms with Crippen molar-refractivity contribution in [3.63, 3.8) is 0 Å². The molecule has 2 saturated carbocycles. The van der Waals surface area contributed by atoms with Gasteiger partial charge in [0.2, 0.25) is 0 Å². The van der Waals surface area contributed by atoms with E-state index in [1.165, 1.54) is 30.0 Å². The van der Waals surface area contributed by atoms with Gasteiger partial charge in [-0.2, -0.15) is 17.4 Å². The van der Waals surface area contributed by atoms with E-state index in [-0.39, 0.29) is 6.04 Å². The van der Waals surface area contributed by atoms with Crippen LogP contribution >= 0.6 is 0 Å². The Morgan fingerprint density at radius 2 is 2.04 bits per heavy atom. The van der Waals surface area contributed by atoms with E-state index in [1.54, 1.807) is 14.1 Å². The molecule has 0 bridgehead atoms. The highest BCUT2D eigenvalue weighted by molar-refractivity contribution is 7.87. The molecular weight excluding hydrogens is 328 g/mol. The molecule has 1 aromatic heterocycles. The zero-order chi connectivity index (χ0) is 16.9. The van der Waals surface area contributed by atoms with Gasteiger partial charge in [-0.1, -0.05) is 5.16 Å². The number of hydrogen-bond acceptors (Lipinski definition) is 5. The van der Waals surface area contributed by atoms with Gasteiger partial charge in [0.25, 0.3) is 10.2 Å². The summed E-state index contributed by atoms with van der Waals surface area (Å²) < 4.78 is 34.0. The minimum atomic E-state index is -3.39. The molecule has 0 spiro atoms. The van der Waals surface area contributed by atoms with Crippen LogP contribution in [-0.4, -0.2) is 56.0 Å². The van der Waals surface area contributed by atoms with Gasteiger partial charge in [0, 0.05) is 51.8 Å². The number of rotatable bonds is 7. The summed E-state index contributed by atoms with van der Waals surface area (Å²) >= 11 is 0. The lowest BCUT2D eigenvalue weighted by Gasteiger charge is -2.21. The van der Waals surface area contributed by atoms with E-state index in [0.29, 0.717) is 17.8 Å². The zero-order valence-corrected chi connectivity index (χ0v) is 15.1. The van der Waals surface area contributed by atoms with Crippen molar-refractivity contribution in [2.45, 2.75) is 44.2 Å². The van der Waals surface area contributed by atoms with Crippen LogP contribution in [0.4, 0.5) is 0 Å². The first-order valence-corrected chi connectivity index (χ1v) is 10.2. The molecule has 134 valence electrons. The number of nitrogens with zero attached hydrogens (tertiary/aromatic N) is 3. The fourth-order valence-corrected chi connectivity index (χ4v) is 4.50. The normalized spacial score (nSPS) is 28.8.